The van der Waals surface area contributed by atoms with Crippen molar-refractivity contribution >= 4 is 0 Å². The number of nitriles is 1. The van der Waals surface area contributed by atoms with Crippen LogP contribution in [0, 0.1) is 11.3 Å². The number of piperazine rings is 1. The molecule has 1 aliphatic rings. The zero-order valence-electron chi connectivity index (χ0n) is 9.29. The van der Waals surface area contributed by atoms with Crippen LogP contribution in [0.1, 0.15) is 6.92 Å². The molecule has 0 spiro atoms. The fourth-order valence-electron chi connectivity index (χ4n) is 1.78. The van der Waals surface area contributed by atoms with E-state index in [4.69, 9.17) is 10.00 Å². The molecule has 1 aliphatic heterocycles. The van der Waals surface area contributed by atoms with Crippen LogP contribution in [0.15, 0.2) is 0 Å². The largest absolute Gasteiger partial charge is 0.382 e. The molecule has 1 saturated heterocycles. The molecule has 0 saturated carbocycles. The zero-order valence-corrected chi connectivity index (χ0v) is 9.29. The van der Waals surface area contributed by atoms with E-state index in [9.17, 15) is 0 Å². The van der Waals surface area contributed by atoms with E-state index in [1.165, 1.54) is 0 Å². The predicted octanol–water partition coefficient (Wildman–Crippen LogP) is 0.162. The smallest absolute Gasteiger partial charge is 0.130 e. The lowest BCUT2D eigenvalue weighted by molar-refractivity contribution is 0.0280. The summed E-state index contributed by atoms with van der Waals surface area (Å²) in [6.45, 7) is 6.38. The Balaban J connectivity index is 2.58. The van der Waals surface area contributed by atoms with Crippen molar-refractivity contribution < 1.29 is 4.74 Å². The van der Waals surface area contributed by atoms with Crippen LogP contribution in [0.5, 0.6) is 0 Å². The zero-order chi connectivity index (χ0) is 10.6. The number of rotatable bonds is 3. The van der Waals surface area contributed by atoms with Gasteiger partial charge in [0.25, 0.3) is 0 Å². The van der Waals surface area contributed by atoms with Crippen LogP contribution in [-0.4, -0.2) is 62.3 Å². The van der Waals surface area contributed by atoms with Crippen LogP contribution in [0.3, 0.4) is 0 Å². The van der Waals surface area contributed by atoms with Gasteiger partial charge in [0.2, 0.25) is 0 Å². The highest BCUT2D eigenvalue weighted by atomic mass is 16.5. The van der Waals surface area contributed by atoms with Gasteiger partial charge in [-0.1, -0.05) is 0 Å². The van der Waals surface area contributed by atoms with Crippen molar-refractivity contribution in [1.29, 1.82) is 5.26 Å². The lowest BCUT2D eigenvalue weighted by atomic mass is 10.0. The van der Waals surface area contributed by atoms with E-state index < -0.39 is 5.54 Å². The van der Waals surface area contributed by atoms with Crippen LogP contribution in [0.4, 0.5) is 0 Å². The second-order valence-corrected chi connectivity index (χ2v) is 4.11. The van der Waals surface area contributed by atoms with Gasteiger partial charge >= 0.3 is 0 Å². The molecule has 1 fully saturated rings. The number of nitrogens with zero attached hydrogens (tertiary/aromatic N) is 3. The maximum atomic E-state index is 9.15. The van der Waals surface area contributed by atoms with Gasteiger partial charge in [0.1, 0.15) is 5.54 Å². The summed E-state index contributed by atoms with van der Waals surface area (Å²) >= 11 is 0. The van der Waals surface area contributed by atoms with Crippen LogP contribution in [0.2, 0.25) is 0 Å². The molecular formula is C10H19N3O. The lowest BCUT2D eigenvalue weighted by Crippen LogP contribution is -2.56. The molecule has 0 bridgehead atoms. The highest BCUT2D eigenvalue weighted by molar-refractivity contribution is 5.06. The summed E-state index contributed by atoms with van der Waals surface area (Å²) in [4.78, 5) is 4.48. The SMILES string of the molecule is COCC(C)(C#N)N1CCN(C)CC1. The Bertz CT molecular complexity index is 218. The molecule has 1 unspecified atom stereocenters. The molecule has 4 nitrogen and oxygen atoms in total. The molecule has 4 heteroatoms. The highest BCUT2D eigenvalue weighted by Crippen LogP contribution is 2.16. The first kappa shape index (κ1) is 11.4. The minimum Gasteiger partial charge on any atom is -0.382 e. The molecule has 80 valence electrons. The number of hydrogen-bond donors (Lipinski definition) is 0. The average molecular weight is 197 g/mol. The number of ether oxygens (including phenoxy) is 1. The molecule has 1 atom stereocenters. The van der Waals surface area contributed by atoms with E-state index in [0.717, 1.165) is 26.2 Å². The number of hydrogen-bond acceptors (Lipinski definition) is 4. The van der Waals surface area contributed by atoms with E-state index in [1.54, 1.807) is 7.11 Å². The average Bonchev–Trinajstić information content (AvgIpc) is 2.19. The maximum Gasteiger partial charge on any atom is 0.130 e. The van der Waals surface area contributed by atoms with Gasteiger partial charge in [0.05, 0.1) is 12.7 Å². The number of methoxy groups -OCH3 is 1. The van der Waals surface area contributed by atoms with Gasteiger partial charge in [-0.3, -0.25) is 4.90 Å². The van der Waals surface area contributed by atoms with Crippen molar-refractivity contribution in [2.45, 2.75) is 12.5 Å². The van der Waals surface area contributed by atoms with E-state index in [1.807, 2.05) is 6.92 Å². The normalized spacial score (nSPS) is 24.1. The van der Waals surface area contributed by atoms with E-state index in [-0.39, 0.29) is 0 Å². The first-order valence-electron chi connectivity index (χ1n) is 4.96. The lowest BCUT2D eigenvalue weighted by Gasteiger charge is -2.40. The highest BCUT2D eigenvalue weighted by Gasteiger charge is 2.33. The van der Waals surface area contributed by atoms with Gasteiger partial charge in [-0.25, -0.2) is 0 Å². The van der Waals surface area contributed by atoms with Gasteiger partial charge in [-0.15, -0.1) is 0 Å². The summed E-state index contributed by atoms with van der Waals surface area (Å²) in [5.41, 5.74) is -0.462. The van der Waals surface area contributed by atoms with Gasteiger partial charge < -0.3 is 9.64 Å². The molecule has 0 aromatic carbocycles. The summed E-state index contributed by atoms with van der Waals surface area (Å²) in [7, 11) is 3.75. The Morgan fingerprint density at radius 3 is 2.36 bits per heavy atom. The third-order valence-corrected chi connectivity index (χ3v) is 2.87. The summed E-state index contributed by atoms with van der Waals surface area (Å²) in [5.74, 6) is 0. The molecule has 1 rings (SSSR count). The topological polar surface area (TPSA) is 39.5 Å². The summed E-state index contributed by atoms with van der Waals surface area (Å²) in [5, 5.41) is 9.15. The van der Waals surface area contributed by atoms with Gasteiger partial charge in [0.15, 0.2) is 0 Å². The van der Waals surface area contributed by atoms with Crippen molar-refractivity contribution in [3.05, 3.63) is 0 Å². The minimum atomic E-state index is -0.462. The molecular weight excluding hydrogens is 178 g/mol. The van der Waals surface area contributed by atoms with Crippen LogP contribution in [-0.2, 0) is 4.74 Å². The molecule has 0 amide bonds. The van der Waals surface area contributed by atoms with E-state index in [2.05, 4.69) is 22.9 Å². The van der Waals surface area contributed by atoms with Crippen molar-refractivity contribution in [3.63, 3.8) is 0 Å². The Morgan fingerprint density at radius 2 is 1.93 bits per heavy atom. The predicted molar refractivity (Wildman–Crippen MR) is 55.0 cm³/mol. The monoisotopic (exact) mass is 197 g/mol. The standard InChI is InChI=1S/C10H19N3O/c1-10(8-11,9-14-3)13-6-4-12(2)5-7-13/h4-7,9H2,1-3H3. The summed E-state index contributed by atoms with van der Waals surface area (Å²) in [6, 6.07) is 2.35. The molecule has 0 radical (unpaired) electrons. The first-order chi connectivity index (χ1) is 6.62. The second kappa shape index (κ2) is 4.74. The quantitative estimate of drug-likeness (QED) is 0.646. The third-order valence-electron chi connectivity index (χ3n) is 2.87. The van der Waals surface area contributed by atoms with E-state index in [0.29, 0.717) is 6.61 Å². The van der Waals surface area contributed by atoms with Crippen molar-refractivity contribution in [2.24, 2.45) is 0 Å². The van der Waals surface area contributed by atoms with Crippen molar-refractivity contribution in [3.8, 4) is 6.07 Å². The molecule has 0 aromatic heterocycles. The minimum absolute atomic E-state index is 0.462. The maximum absolute atomic E-state index is 9.15. The van der Waals surface area contributed by atoms with Crippen LogP contribution >= 0.6 is 0 Å². The molecule has 0 aromatic rings. The molecule has 14 heavy (non-hydrogen) atoms. The van der Waals surface area contributed by atoms with Gasteiger partial charge in [0, 0.05) is 33.3 Å². The first-order valence-corrected chi connectivity index (χ1v) is 4.96. The Hall–Kier alpha value is -0.630. The summed E-state index contributed by atoms with van der Waals surface area (Å²) in [6.07, 6.45) is 0. The van der Waals surface area contributed by atoms with Crippen LogP contribution in [0.25, 0.3) is 0 Å². The third kappa shape index (κ3) is 2.44. The van der Waals surface area contributed by atoms with Gasteiger partial charge in [-0.2, -0.15) is 5.26 Å². The van der Waals surface area contributed by atoms with E-state index >= 15 is 0 Å². The number of likely N-dealkylation sites (N-methyl/N-ethyl adjacent to an activating group) is 1. The second-order valence-electron chi connectivity index (χ2n) is 4.11. The fraction of sp³-hybridized carbons (Fsp3) is 0.900. The van der Waals surface area contributed by atoms with Crippen LogP contribution < -0.4 is 0 Å². The van der Waals surface area contributed by atoms with Crippen molar-refractivity contribution in [1.82, 2.24) is 9.80 Å². The van der Waals surface area contributed by atoms with Gasteiger partial charge in [-0.05, 0) is 14.0 Å². The Kier molecular flexibility index (Phi) is 3.87. The van der Waals surface area contributed by atoms with Crippen molar-refractivity contribution in [2.75, 3.05) is 46.9 Å². The Morgan fingerprint density at radius 1 is 1.36 bits per heavy atom. The molecule has 0 aliphatic carbocycles. The molecule has 1 heterocycles. The fourth-order valence-corrected chi connectivity index (χ4v) is 1.78. The summed E-state index contributed by atoms with van der Waals surface area (Å²) < 4.78 is 5.10. The Labute approximate surface area is 86.0 Å². The molecule has 0 N–H and O–H groups in total.